The van der Waals surface area contributed by atoms with Gasteiger partial charge in [0.1, 0.15) is 0 Å². The van der Waals surface area contributed by atoms with Gasteiger partial charge in [0.15, 0.2) is 5.96 Å². The van der Waals surface area contributed by atoms with E-state index < -0.39 is 0 Å². The third-order valence-electron chi connectivity index (χ3n) is 3.92. The van der Waals surface area contributed by atoms with Crippen molar-refractivity contribution in [2.45, 2.75) is 45.7 Å². The smallest absolute Gasteiger partial charge is 0.191 e. The van der Waals surface area contributed by atoms with Gasteiger partial charge in [-0.1, -0.05) is 6.92 Å². The summed E-state index contributed by atoms with van der Waals surface area (Å²) in [4.78, 5) is 9.62. The molecule has 1 aliphatic heterocycles. The fourth-order valence-corrected chi connectivity index (χ4v) is 3.59. The van der Waals surface area contributed by atoms with Crippen molar-refractivity contribution >= 4 is 41.3 Å². The highest BCUT2D eigenvalue weighted by Crippen LogP contribution is 2.14. The molecule has 2 N–H and O–H groups in total. The molecule has 6 heteroatoms. The normalized spacial score (nSPS) is 17.1. The molecule has 2 rings (SSSR count). The van der Waals surface area contributed by atoms with Gasteiger partial charge in [-0.15, -0.1) is 35.3 Å². The zero-order valence-corrected chi connectivity index (χ0v) is 17.0. The monoisotopic (exact) mass is 436 g/mol. The minimum absolute atomic E-state index is 0. The van der Waals surface area contributed by atoms with Crippen LogP contribution in [-0.4, -0.2) is 43.6 Å². The summed E-state index contributed by atoms with van der Waals surface area (Å²) in [5, 5.41) is 6.98. The molecule has 4 nitrogen and oxygen atoms in total. The number of likely N-dealkylation sites (tertiary alicyclic amines) is 1. The number of aliphatic imine (C=N–C) groups is 1. The molecule has 0 aliphatic carbocycles. The first-order valence-corrected chi connectivity index (χ1v) is 8.77. The van der Waals surface area contributed by atoms with Crippen molar-refractivity contribution < 1.29 is 0 Å². The molecule has 0 aromatic carbocycles. The predicted octanol–water partition coefficient (Wildman–Crippen LogP) is 3.21. The van der Waals surface area contributed by atoms with E-state index in [2.05, 4.69) is 46.5 Å². The first-order valence-electron chi connectivity index (χ1n) is 7.96. The van der Waals surface area contributed by atoms with Gasteiger partial charge < -0.3 is 15.5 Å². The van der Waals surface area contributed by atoms with Gasteiger partial charge in [-0.05, 0) is 44.9 Å². The van der Waals surface area contributed by atoms with E-state index in [-0.39, 0.29) is 24.0 Å². The second-order valence-corrected chi connectivity index (χ2v) is 7.07. The second kappa shape index (κ2) is 10.4. The molecule has 0 amide bonds. The first-order chi connectivity index (χ1) is 10.2. The Balaban J connectivity index is 0.00000242. The van der Waals surface area contributed by atoms with E-state index in [4.69, 9.17) is 0 Å². The maximum absolute atomic E-state index is 4.34. The molecule has 126 valence electrons. The molecule has 0 radical (unpaired) electrons. The molecular formula is C16H29IN4S. The lowest BCUT2D eigenvalue weighted by molar-refractivity contribution is 0.206. The summed E-state index contributed by atoms with van der Waals surface area (Å²) in [6, 6.07) is 4.90. The summed E-state index contributed by atoms with van der Waals surface area (Å²) >= 11 is 1.84. The average Bonchev–Trinajstić information content (AvgIpc) is 2.91. The van der Waals surface area contributed by atoms with Gasteiger partial charge in [-0.2, -0.15) is 0 Å². The van der Waals surface area contributed by atoms with Crippen molar-refractivity contribution in [3.63, 3.8) is 0 Å². The molecule has 0 unspecified atom stereocenters. The van der Waals surface area contributed by atoms with Crippen molar-refractivity contribution in [3.8, 4) is 0 Å². The fraction of sp³-hybridized carbons (Fsp3) is 0.688. The van der Waals surface area contributed by atoms with Crippen LogP contribution in [0.15, 0.2) is 17.1 Å². The third kappa shape index (κ3) is 6.42. The molecule has 0 bridgehead atoms. The molecule has 1 aromatic heterocycles. The SMILES string of the molecule is CCCN1CCC(NC(=NC)NCc2ccc(C)s2)CC1.I. The number of rotatable bonds is 5. The molecule has 1 fully saturated rings. The van der Waals surface area contributed by atoms with Crippen LogP contribution >= 0.6 is 35.3 Å². The van der Waals surface area contributed by atoms with Crippen LogP contribution in [0.4, 0.5) is 0 Å². The van der Waals surface area contributed by atoms with Crippen molar-refractivity contribution in [1.82, 2.24) is 15.5 Å². The van der Waals surface area contributed by atoms with Crippen LogP contribution in [0.25, 0.3) is 0 Å². The summed E-state index contributed by atoms with van der Waals surface area (Å²) in [6.07, 6.45) is 3.67. The lowest BCUT2D eigenvalue weighted by Gasteiger charge is -2.32. The van der Waals surface area contributed by atoms with Gasteiger partial charge in [0.25, 0.3) is 0 Å². The van der Waals surface area contributed by atoms with Crippen LogP contribution in [0.3, 0.4) is 0 Å². The molecular weight excluding hydrogens is 407 g/mol. The van der Waals surface area contributed by atoms with Gasteiger partial charge in [0.05, 0.1) is 6.54 Å². The molecule has 1 saturated heterocycles. The Hall–Kier alpha value is -0.340. The van der Waals surface area contributed by atoms with Crippen LogP contribution < -0.4 is 10.6 Å². The zero-order valence-electron chi connectivity index (χ0n) is 13.9. The summed E-state index contributed by atoms with van der Waals surface area (Å²) in [7, 11) is 1.85. The van der Waals surface area contributed by atoms with E-state index in [1.807, 2.05) is 18.4 Å². The molecule has 1 aromatic rings. The quantitative estimate of drug-likeness (QED) is 0.423. The number of guanidine groups is 1. The molecule has 1 aliphatic rings. The highest BCUT2D eigenvalue weighted by Gasteiger charge is 2.19. The van der Waals surface area contributed by atoms with Crippen molar-refractivity contribution in [2.24, 2.45) is 4.99 Å². The van der Waals surface area contributed by atoms with E-state index in [0.29, 0.717) is 6.04 Å². The van der Waals surface area contributed by atoms with Crippen LogP contribution in [0.1, 0.15) is 35.9 Å². The maximum Gasteiger partial charge on any atom is 0.191 e. The first kappa shape index (κ1) is 19.7. The van der Waals surface area contributed by atoms with E-state index in [1.165, 1.54) is 48.7 Å². The second-order valence-electron chi connectivity index (χ2n) is 5.70. The molecule has 0 atom stereocenters. The van der Waals surface area contributed by atoms with Crippen molar-refractivity contribution in [1.29, 1.82) is 0 Å². The van der Waals surface area contributed by atoms with Gasteiger partial charge in [0, 0.05) is 35.9 Å². The Labute approximate surface area is 155 Å². The number of nitrogens with one attached hydrogen (secondary N) is 2. The summed E-state index contributed by atoms with van der Waals surface area (Å²) in [5.41, 5.74) is 0. The Bertz CT molecular complexity index is 453. The van der Waals surface area contributed by atoms with Crippen LogP contribution in [0.2, 0.25) is 0 Å². The third-order valence-corrected chi connectivity index (χ3v) is 4.92. The molecule has 2 heterocycles. The fourth-order valence-electron chi connectivity index (χ4n) is 2.76. The summed E-state index contributed by atoms with van der Waals surface area (Å²) in [6.45, 7) is 8.89. The summed E-state index contributed by atoms with van der Waals surface area (Å²) in [5.74, 6) is 0.926. The number of nitrogens with zero attached hydrogens (tertiary/aromatic N) is 2. The minimum atomic E-state index is 0. The highest BCUT2D eigenvalue weighted by atomic mass is 127. The largest absolute Gasteiger partial charge is 0.354 e. The van der Waals surface area contributed by atoms with Crippen LogP contribution in [0, 0.1) is 6.92 Å². The summed E-state index contributed by atoms with van der Waals surface area (Å²) < 4.78 is 0. The van der Waals surface area contributed by atoms with Gasteiger partial charge in [0.2, 0.25) is 0 Å². The van der Waals surface area contributed by atoms with E-state index in [1.54, 1.807) is 0 Å². The number of hydrogen-bond acceptors (Lipinski definition) is 3. The minimum Gasteiger partial charge on any atom is -0.354 e. The van der Waals surface area contributed by atoms with Gasteiger partial charge in [-0.25, -0.2) is 0 Å². The van der Waals surface area contributed by atoms with E-state index in [0.717, 1.165) is 12.5 Å². The van der Waals surface area contributed by atoms with Gasteiger partial charge in [-0.3, -0.25) is 4.99 Å². The topological polar surface area (TPSA) is 39.7 Å². The zero-order chi connectivity index (χ0) is 15.1. The Morgan fingerprint density at radius 3 is 2.64 bits per heavy atom. The Morgan fingerprint density at radius 1 is 1.36 bits per heavy atom. The Morgan fingerprint density at radius 2 is 2.09 bits per heavy atom. The number of hydrogen-bond donors (Lipinski definition) is 2. The highest BCUT2D eigenvalue weighted by molar-refractivity contribution is 14.0. The van der Waals surface area contributed by atoms with Crippen LogP contribution in [0.5, 0.6) is 0 Å². The lowest BCUT2D eigenvalue weighted by atomic mass is 10.1. The number of aryl methyl sites for hydroxylation is 1. The van der Waals surface area contributed by atoms with Crippen molar-refractivity contribution in [3.05, 3.63) is 21.9 Å². The number of halogens is 1. The number of thiophene rings is 1. The molecule has 22 heavy (non-hydrogen) atoms. The van der Waals surface area contributed by atoms with Gasteiger partial charge >= 0.3 is 0 Å². The van der Waals surface area contributed by atoms with E-state index >= 15 is 0 Å². The Kier molecular flexibility index (Phi) is 9.35. The van der Waals surface area contributed by atoms with Crippen molar-refractivity contribution in [2.75, 3.05) is 26.7 Å². The number of piperidine rings is 1. The predicted molar refractivity (Wildman–Crippen MR) is 108 cm³/mol. The molecule has 0 spiro atoms. The maximum atomic E-state index is 4.34. The average molecular weight is 436 g/mol. The van der Waals surface area contributed by atoms with E-state index in [9.17, 15) is 0 Å². The molecule has 0 saturated carbocycles. The van der Waals surface area contributed by atoms with Crippen LogP contribution in [-0.2, 0) is 6.54 Å². The standard InChI is InChI=1S/C16H28N4S.HI/c1-4-9-20-10-7-14(8-11-20)19-16(17-3)18-12-15-6-5-13(2)21-15;/h5-6,14H,4,7-12H2,1-3H3,(H2,17,18,19);1H. The lowest BCUT2D eigenvalue weighted by Crippen LogP contribution is -2.48.